The first-order valence-electron chi connectivity index (χ1n) is 10.9. The van der Waals surface area contributed by atoms with Crippen molar-refractivity contribution >= 4 is 17.5 Å². The lowest BCUT2D eigenvalue weighted by molar-refractivity contribution is 0.148. The molecule has 0 amide bonds. The molecular formula is C24H31N7O2. The molecule has 33 heavy (non-hydrogen) atoms. The Morgan fingerprint density at radius 2 is 1.82 bits per heavy atom. The fourth-order valence-corrected chi connectivity index (χ4v) is 3.13. The van der Waals surface area contributed by atoms with Crippen LogP contribution in [0.2, 0.25) is 0 Å². The number of rotatable bonds is 7. The largest absolute Gasteiger partial charge is 0.396 e. The summed E-state index contributed by atoms with van der Waals surface area (Å²) in [6.45, 7) is 6.54. The highest BCUT2D eigenvalue weighted by Crippen LogP contribution is 2.22. The molecule has 0 radical (unpaired) electrons. The average Bonchev–Trinajstić information content (AvgIpc) is 3.23. The fraction of sp³-hybridized carbons (Fsp3) is 0.333. The number of anilines is 2. The van der Waals surface area contributed by atoms with Crippen LogP contribution in [-0.2, 0) is 6.54 Å². The second kappa shape index (κ2) is 11.3. The van der Waals surface area contributed by atoms with Crippen molar-refractivity contribution < 1.29 is 10.2 Å². The molecule has 5 N–H and O–H groups in total. The van der Waals surface area contributed by atoms with E-state index in [1.807, 2.05) is 24.4 Å². The Morgan fingerprint density at radius 3 is 2.39 bits per heavy atom. The molecule has 0 bridgehead atoms. The van der Waals surface area contributed by atoms with E-state index in [4.69, 9.17) is 15.9 Å². The lowest BCUT2D eigenvalue weighted by Crippen LogP contribution is -2.11. The molecule has 0 fully saturated rings. The van der Waals surface area contributed by atoms with Crippen LogP contribution in [-0.4, -0.2) is 47.5 Å². The predicted molar refractivity (Wildman–Crippen MR) is 130 cm³/mol. The minimum absolute atomic E-state index is 0.0810. The molecule has 0 aliphatic carbocycles. The number of pyridine rings is 1. The first-order valence-corrected chi connectivity index (χ1v) is 10.9. The molecule has 0 saturated heterocycles. The highest BCUT2D eigenvalue weighted by atomic mass is 16.3. The van der Waals surface area contributed by atoms with E-state index in [0.717, 1.165) is 28.0 Å². The number of hydrogen-bond donors (Lipinski definition) is 4. The molecule has 3 aromatic heterocycles. The lowest BCUT2D eigenvalue weighted by atomic mass is 10.1. The monoisotopic (exact) mass is 449 g/mol. The van der Waals surface area contributed by atoms with Crippen molar-refractivity contribution in [3.05, 3.63) is 66.0 Å². The highest BCUT2D eigenvalue weighted by molar-refractivity contribution is 5.59. The van der Waals surface area contributed by atoms with Crippen LogP contribution in [0.1, 0.15) is 44.2 Å². The second-order valence-corrected chi connectivity index (χ2v) is 8.02. The van der Waals surface area contributed by atoms with E-state index in [2.05, 4.69) is 63.5 Å². The first kappa shape index (κ1) is 24.1. The SMILES string of the molecule is CC(C)c1cnn2c(NCc3ccc(-c4ccccn4)cc3)nc(N)nc12.CC(O)CCO. The van der Waals surface area contributed by atoms with E-state index in [9.17, 15) is 0 Å². The third-order valence-electron chi connectivity index (χ3n) is 4.95. The third-order valence-corrected chi connectivity index (χ3v) is 4.95. The molecule has 3 heterocycles. The van der Waals surface area contributed by atoms with Gasteiger partial charge in [-0.1, -0.05) is 44.2 Å². The summed E-state index contributed by atoms with van der Waals surface area (Å²) in [6, 6.07) is 14.2. The summed E-state index contributed by atoms with van der Waals surface area (Å²) in [5, 5.41) is 24.2. The molecule has 4 rings (SSSR count). The van der Waals surface area contributed by atoms with E-state index in [0.29, 0.717) is 24.8 Å². The van der Waals surface area contributed by atoms with Gasteiger partial charge in [-0.15, -0.1) is 0 Å². The van der Waals surface area contributed by atoms with Gasteiger partial charge in [-0.3, -0.25) is 4.98 Å². The van der Waals surface area contributed by atoms with Gasteiger partial charge in [-0.05, 0) is 37.0 Å². The normalized spacial score (nSPS) is 11.8. The van der Waals surface area contributed by atoms with E-state index in [-0.39, 0.29) is 18.7 Å². The first-order chi connectivity index (χ1) is 15.9. The molecule has 1 atom stereocenters. The molecular weight excluding hydrogens is 418 g/mol. The van der Waals surface area contributed by atoms with E-state index < -0.39 is 0 Å². The average molecular weight is 450 g/mol. The number of aromatic nitrogens is 5. The minimum atomic E-state index is -0.352. The number of nitrogens with one attached hydrogen (secondary N) is 1. The van der Waals surface area contributed by atoms with E-state index >= 15 is 0 Å². The van der Waals surface area contributed by atoms with Gasteiger partial charge in [-0.2, -0.15) is 19.6 Å². The smallest absolute Gasteiger partial charge is 0.229 e. The number of nitrogens with two attached hydrogens (primary N) is 1. The van der Waals surface area contributed by atoms with Gasteiger partial charge in [0, 0.05) is 30.5 Å². The van der Waals surface area contributed by atoms with Crippen LogP contribution < -0.4 is 11.1 Å². The van der Waals surface area contributed by atoms with Gasteiger partial charge < -0.3 is 21.3 Å². The van der Waals surface area contributed by atoms with Gasteiger partial charge in [0.1, 0.15) is 0 Å². The van der Waals surface area contributed by atoms with Crippen molar-refractivity contribution in [2.75, 3.05) is 17.7 Å². The zero-order valence-electron chi connectivity index (χ0n) is 19.2. The van der Waals surface area contributed by atoms with Crippen LogP contribution in [0.4, 0.5) is 11.9 Å². The quantitative estimate of drug-likeness (QED) is 0.338. The summed E-state index contributed by atoms with van der Waals surface area (Å²) in [4.78, 5) is 13.0. The van der Waals surface area contributed by atoms with Gasteiger partial charge in [0.2, 0.25) is 11.9 Å². The molecule has 0 spiro atoms. The van der Waals surface area contributed by atoms with Crippen LogP contribution >= 0.6 is 0 Å². The molecule has 0 saturated carbocycles. The Morgan fingerprint density at radius 1 is 1.06 bits per heavy atom. The molecule has 1 aromatic carbocycles. The maximum atomic E-state index is 8.39. The molecule has 174 valence electrons. The Labute approximate surface area is 193 Å². The van der Waals surface area contributed by atoms with Crippen LogP contribution in [0, 0.1) is 0 Å². The maximum absolute atomic E-state index is 8.39. The topological polar surface area (TPSA) is 134 Å². The summed E-state index contributed by atoms with van der Waals surface area (Å²) in [6.07, 6.45) is 3.75. The summed E-state index contributed by atoms with van der Waals surface area (Å²) >= 11 is 0. The Hall–Kier alpha value is -3.56. The van der Waals surface area contributed by atoms with Crippen molar-refractivity contribution in [2.45, 2.75) is 45.8 Å². The molecule has 0 aliphatic heterocycles. The van der Waals surface area contributed by atoms with Crippen molar-refractivity contribution in [2.24, 2.45) is 0 Å². The number of nitrogen functional groups attached to an aromatic ring is 1. The van der Waals surface area contributed by atoms with Crippen molar-refractivity contribution in [3.63, 3.8) is 0 Å². The van der Waals surface area contributed by atoms with Gasteiger partial charge in [0.15, 0.2) is 5.65 Å². The van der Waals surface area contributed by atoms with Crippen LogP contribution in [0.5, 0.6) is 0 Å². The summed E-state index contributed by atoms with van der Waals surface area (Å²) in [5.74, 6) is 1.12. The molecule has 4 aromatic rings. The van der Waals surface area contributed by atoms with E-state index in [1.165, 1.54) is 0 Å². The predicted octanol–water partition coefficient (Wildman–Crippen LogP) is 3.25. The molecule has 1 unspecified atom stereocenters. The number of aliphatic hydroxyl groups is 2. The molecule has 9 nitrogen and oxygen atoms in total. The highest BCUT2D eigenvalue weighted by Gasteiger charge is 2.14. The molecule has 9 heteroatoms. The number of fused-ring (bicyclic) bond motifs is 1. The summed E-state index contributed by atoms with van der Waals surface area (Å²) < 4.78 is 1.70. The van der Waals surface area contributed by atoms with E-state index in [1.54, 1.807) is 17.6 Å². The summed E-state index contributed by atoms with van der Waals surface area (Å²) in [5.41, 5.74) is 10.8. The van der Waals surface area contributed by atoms with Crippen molar-refractivity contribution in [3.8, 4) is 11.3 Å². The van der Waals surface area contributed by atoms with Gasteiger partial charge >= 0.3 is 0 Å². The zero-order valence-corrected chi connectivity index (χ0v) is 19.2. The van der Waals surface area contributed by atoms with Gasteiger partial charge in [-0.25, -0.2) is 0 Å². The van der Waals surface area contributed by atoms with Crippen LogP contribution in [0.25, 0.3) is 16.9 Å². The standard InChI is InChI=1S/C20H21N7.C4H10O2/c1-13(2)16-12-24-27-18(16)25-19(21)26-20(27)23-11-14-6-8-15(9-7-14)17-5-3-4-10-22-17;1-4(6)2-3-5/h3-10,12-13H,11H2,1-2H3,(H3,21,23,25,26);4-6H,2-3H2,1H3. The minimum Gasteiger partial charge on any atom is -0.396 e. The van der Waals surface area contributed by atoms with Crippen molar-refractivity contribution in [1.82, 2.24) is 24.6 Å². The van der Waals surface area contributed by atoms with Gasteiger partial charge in [0.25, 0.3) is 0 Å². The Balaban J connectivity index is 0.000000454. The van der Waals surface area contributed by atoms with Crippen molar-refractivity contribution in [1.29, 1.82) is 0 Å². The zero-order chi connectivity index (χ0) is 23.8. The third kappa shape index (κ3) is 6.47. The molecule has 0 aliphatic rings. The number of aliphatic hydroxyl groups excluding tert-OH is 2. The number of hydrogen-bond acceptors (Lipinski definition) is 8. The number of benzene rings is 1. The lowest BCUT2D eigenvalue weighted by Gasteiger charge is -2.09. The Bertz CT molecular complexity index is 1140. The maximum Gasteiger partial charge on any atom is 0.229 e. The second-order valence-electron chi connectivity index (χ2n) is 8.02. The van der Waals surface area contributed by atoms with Crippen LogP contribution in [0.15, 0.2) is 54.9 Å². The fourth-order valence-electron chi connectivity index (χ4n) is 3.13. The Kier molecular flexibility index (Phi) is 8.28. The summed E-state index contributed by atoms with van der Waals surface area (Å²) in [7, 11) is 0. The van der Waals surface area contributed by atoms with Crippen LogP contribution in [0.3, 0.4) is 0 Å². The number of nitrogens with zero attached hydrogens (tertiary/aromatic N) is 5. The van der Waals surface area contributed by atoms with Gasteiger partial charge in [0.05, 0.1) is 18.0 Å².